The van der Waals surface area contributed by atoms with Gasteiger partial charge < -0.3 is 25.2 Å². The molecule has 164 valence electrons. The van der Waals surface area contributed by atoms with E-state index in [9.17, 15) is 24.8 Å². The van der Waals surface area contributed by atoms with E-state index in [-0.39, 0.29) is 6.61 Å². The van der Waals surface area contributed by atoms with Gasteiger partial charge in [0.1, 0.15) is 23.9 Å². The zero-order valence-corrected chi connectivity index (χ0v) is 17.7. The lowest BCUT2D eigenvalue weighted by atomic mass is 9.78. The molecule has 4 N–H and O–H groups in total. The Kier molecular flexibility index (Phi) is 6.20. The minimum absolute atomic E-state index is 0.198. The first-order chi connectivity index (χ1) is 14.8. The van der Waals surface area contributed by atoms with Crippen molar-refractivity contribution in [2.45, 2.75) is 37.3 Å². The Morgan fingerprint density at radius 2 is 2.00 bits per heavy atom. The van der Waals surface area contributed by atoms with E-state index in [1.807, 2.05) is 25.1 Å². The zero-order chi connectivity index (χ0) is 22.2. The Hall–Kier alpha value is -2.20. The average molecular weight is 446 g/mol. The van der Waals surface area contributed by atoms with Gasteiger partial charge in [0.2, 0.25) is 5.95 Å². The number of aromatic nitrogens is 1. The van der Waals surface area contributed by atoms with Gasteiger partial charge in [-0.05, 0) is 47.9 Å². The molecule has 0 amide bonds. The molecule has 3 heterocycles. The largest absolute Gasteiger partial charge is 0.394 e. The van der Waals surface area contributed by atoms with Crippen molar-refractivity contribution in [2.75, 3.05) is 13.2 Å². The van der Waals surface area contributed by atoms with Gasteiger partial charge in [-0.3, -0.25) is 0 Å². The normalized spacial score (nSPS) is 26.2. The number of aryl methyl sites for hydroxylation is 1. The maximum Gasteiger partial charge on any atom is 0.213 e. The summed E-state index contributed by atoms with van der Waals surface area (Å²) in [6.07, 6.45) is -3.25. The maximum absolute atomic E-state index is 13.4. The molecule has 0 radical (unpaired) electrons. The van der Waals surface area contributed by atoms with Gasteiger partial charge in [-0.15, -0.1) is 11.3 Å². The molecule has 4 atom stereocenters. The van der Waals surface area contributed by atoms with Crippen molar-refractivity contribution < 1.29 is 29.6 Å². The number of hydrogen-bond donors (Lipinski definition) is 4. The Morgan fingerprint density at radius 3 is 2.74 bits per heavy atom. The van der Waals surface area contributed by atoms with Crippen LogP contribution < -0.4 is 0 Å². The van der Waals surface area contributed by atoms with Crippen molar-refractivity contribution in [1.82, 2.24) is 4.98 Å². The lowest BCUT2D eigenvalue weighted by Gasteiger charge is -2.44. The first-order valence-electron chi connectivity index (χ1n) is 9.95. The highest BCUT2D eigenvalue weighted by Gasteiger charge is 2.51. The smallest absolute Gasteiger partial charge is 0.213 e. The molecule has 0 aliphatic carbocycles. The molecule has 0 bridgehead atoms. The third-order valence-electron chi connectivity index (χ3n) is 5.76. The van der Waals surface area contributed by atoms with E-state index in [1.54, 1.807) is 24.3 Å². The molecule has 1 saturated heterocycles. The number of aliphatic hydroxyl groups is 4. The van der Waals surface area contributed by atoms with Crippen molar-refractivity contribution in [3.05, 3.63) is 76.0 Å². The van der Waals surface area contributed by atoms with Crippen molar-refractivity contribution in [1.29, 1.82) is 0 Å². The monoisotopic (exact) mass is 445 g/mol. The predicted octanol–water partition coefficient (Wildman–Crippen LogP) is 2.15. The van der Waals surface area contributed by atoms with Gasteiger partial charge in [0, 0.05) is 11.3 Å². The van der Waals surface area contributed by atoms with Crippen molar-refractivity contribution in [3.8, 4) is 10.6 Å². The van der Waals surface area contributed by atoms with Crippen LogP contribution in [0.1, 0.15) is 21.6 Å². The number of ether oxygens (including phenoxy) is 1. The fraction of sp³-hybridized carbons (Fsp3) is 0.348. The number of nitrogens with zero attached hydrogens (tertiary/aromatic N) is 1. The number of aliphatic hydroxyl groups excluding tert-OH is 3. The first-order valence-corrected chi connectivity index (χ1v) is 10.8. The Labute approximate surface area is 183 Å². The van der Waals surface area contributed by atoms with Gasteiger partial charge in [-0.2, -0.15) is 4.39 Å². The zero-order valence-electron chi connectivity index (χ0n) is 16.9. The minimum atomic E-state index is -1.96. The number of halogens is 1. The van der Waals surface area contributed by atoms with Crippen molar-refractivity contribution in [3.63, 3.8) is 0 Å². The van der Waals surface area contributed by atoms with E-state index in [0.29, 0.717) is 17.7 Å². The van der Waals surface area contributed by atoms with Crippen LogP contribution in [-0.2, 0) is 16.8 Å². The average Bonchev–Trinajstić information content (AvgIpc) is 3.22. The van der Waals surface area contributed by atoms with Gasteiger partial charge in [0.15, 0.2) is 0 Å². The van der Waals surface area contributed by atoms with Gasteiger partial charge in [-0.1, -0.05) is 24.3 Å². The molecular weight excluding hydrogens is 421 g/mol. The van der Waals surface area contributed by atoms with E-state index in [4.69, 9.17) is 4.74 Å². The summed E-state index contributed by atoms with van der Waals surface area (Å²) in [5.41, 5.74) is 0.872. The quantitative estimate of drug-likeness (QED) is 0.449. The summed E-state index contributed by atoms with van der Waals surface area (Å²) in [7, 11) is 0. The summed E-state index contributed by atoms with van der Waals surface area (Å²) in [5.74, 6) is -0.529. The number of pyridine rings is 1. The second kappa shape index (κ2) is 8.74. The molecule has 1 fully saturated rings. The summed E-state index contributed by atoms with van der Waals surface area (Å²) in [6, 6.07) is 13.8. The van der Waals surface area contributed by atoms with E-state index in [1.165, 1.54) is 17.4 Å². The van der Waals surface area contributed by atoms with Crippen LogP contribution in [0.4, 0.5) is 4.39 Å². The summed E-state index contributed by atoms with van der Waals surface area (Å²) in [4.78, 5) is 5.79. The minimum Gasteiger partial charge on any atom is -0.394 e. The molecule has 0 unspecified atom stereocenters. The number of rotatable bonds is 5. The van der Waals surface area contributed by atoms with Crippen LogP contribution >= 0.6 is 11.3 Å². The third-order valence-corrected chi connectivity index (χ3v) is 6.87. The molecule has 4 rings (SSSR count). The molecule has 2 aromatic heterocycles. The third kappa shape index (κ3) is 4.15. The topological polar surface area (TPSA) is 103 Å². The lowest BCUT2D eigenvalue weighted by Crippen LogP contribution is -2.61. The van der Waals surface area contributed by atoms with E-state index < -0.39 is 36.5 Å². The predicted molar refractivity (Wildman–Crippen MR) is 114 cm³/mol. The Morgan fingerprint density at radius 1 is 1.19 bits per heavy atom. The standard InChI is InChI=1S/C23H24FNO5S/c1-13-5-6-15(23(29)20(27)12-30-18(11-26)22(23)28)9-14(13)10-16-7-8-19(31-16)17-3-2-4-21(24)25-17/h2-9,18,20,22,26-29H,10-12H2,1H3/t18-,20+,22-,23+/m1/s1. The van der Waals surface area contributed by atoms with Crippen molar-refractivity contribution in [2.24, 2.45) is 0 Å². The molecule has 1 aromatic carbocycles. The highest BCUT2D eigenvalue weighted by atomic mass is 32.1. The molecule has 8 heteroatoms. The highest BCUT2D eigenvalue weighted by Crippen LogP contribution is 2.37. The van der Waals surface area contributed by atoms with Crippen LogP contribution in [-0.4, -0.2) is 56.9 Å². The number of benzene rings is 1. The van der Waals surface area contributed by atoms with Gasteiger partial charge in [0.05, 0.1) is 23.8 Å². The summed E-state index contributed by atoms with van der Waals surface area (Å²) in [6.45, 7) is 1.27. The molecule has 0 spiro atoms. The fourth-order valence-electron chi connectivity index (χ4n) is 3.88. The molecule has 3 aromatic rings. The maximum atomic E-state index is 13.4. The van der Waals surface area contributed by atoms with Crippen LogP contribution in [0.15, 0.2) is 48.5 Å². The van der Waals surface area contributed by atoms with E-state index in [0.717, 1.165) is 20.9 Å². The molecule has 6 nitrogen and oxygen atoms in total. The van der Waals surface area contributed by atoms with Crippen LogP contribution in [0, 0.1) is 12.9 Å². The van der Waals surface area contributed by atoms with E-state index in [2.05, 4.69) is 4.98 Å². The van der Waals surface area contributed by atoms with Crippen molar-refractivity contribution >= 4 is 11.3 Å². The molecule has 31 heavy (non-hydrogen) atoms. The fourth-order valence-corrected chi connectivity index (χ4v) is 4.88. The first kappa shape index (κ1) is 22.0. The highest BCUT2D eigenvalue weighted by molar-refractivity contribution is 7.15. The Balaban J connectivity index is 1.63. The van der Waals surface area contributed by atoms with Crippen LogP contribution in [0.2, 0.25) is 0 Å². The SMILES string of the molecule is Cc1ccc([C@@]2(O)[C@H](O)[C@@H](CO)OC[C@@H]2O)cc1Cc1ccc(-c2cccc(F)n2)s1. The van der Waals surface area contributed by atoms with Crippen LogP contribution in [0.25, 0.3) is 10.6 Å². The second-order valence-electron chi connectivity index (χ2n) is 7.77. The molecule has 1 aliphatic heterocycles. The van der Waals surface area contributed by atoms with Crippen LogP contribution in [0.3, 0.4) is 0 Å². The second-order valence-corrected chi connectivity index (χ2v) is 8.94. The number of thiophene rings is 1. The summed E-state index contributed by atoms with van der Waals surface area (Å²) >= 11 is 1.50. The van der Waals surface area contributed by atoms with Gasteiger partial charge >= 0.3 is 0 Å². The lowest BCUT2D eigenvalue weighted by molar-refractivity contribution is -0.253. The summed E-state index contributed by atoms with van der Waals surface area (Å²) < 4.78 is 18.7. The number of hydrogen-bond acceptors (Lipinski definition) is 7. The van der Waals surface area contributed by atoms with Gasteiger partial charge in [-0.25, -0.2) is 4.98 Å². The summed E-state index contributed by atoms with van der Waals surface area (Å²) in [5, 5.41) is 41.6. The molecule has 1 aliphatic rings. The molecule has 0 saturated carbocycles. The Bertz CT molecular complexity index is 1070. The van der Waals surface area contributed by atoms with Gasteiger partial charge in [0.25, 0.3) is 0 Å². The van der Waals surface area contributed by atoms with E-state index >= 15 is 0 Å². The molecular formula is C23H24FNO5S. The van der Waals surface area contributed by atoms with Crippen LogP contribution in [0.5, 0.6) is 0 Å².